The van der Waals surface area contributed by atoms with Gasteiger partial charge in [0.15, 0.2) is 0 Å². The first-order valence-corrected chi connectivity index (χ1v) is 6.72. The van der Waals surface area contributed by atoms with Gasteiger partial charge in [-0.15, -0.1) is 24.8 Å². The van der Waals surface area contributed by atoms with Crippen LogP contribution in [-0.2, 0) is 4.79 Å². The first kappa shape index (κ1) is 22.5. The van der Waals surface area contributed by atoms with E-state index in [0.29, 0.717) is 12.6 Å². The molecule has 0 heterocycles. The number of hydrogen-bond acceptors (Lipinski definition) is 3. The largest absolute Gasteiger partial charge is 0.353 e. The molecule has 6 heteroatoms. The highest BCUT2D eigenvalue weighted by Gasteiger charge is 2.15. The fourth-order valence-electron chi connectivity index (χ4n) is 1.65. The number of halogens is 2. The van der Waals surface area contributed by atoms with Gasteiger partial charge in [-0.1, -0.05) is 29.8 Å². The zero-order valence-electron chi connectivity index (χ0n) is 13.1. The molecule has 0 saturated heterocycles. The minimum Gasteiger partial charge on any atom is -0.353 e. The van der Waals surface area contributed by atoms with Gasteiger partial charge >= 0.3 is 0 Å². The zero-order chi connectivity index (χ0) is 14.4. The molecule has 0 saturated carbocycles. The Morgan fingerprint density at radius 1 is 1.24 bits per heavy atom. The summed E-state index contributed by atoms with van der Waals surface area (Å²) in [5, 5.41) is 2.88. The molecule has 0 fully saturated rings. The van der Waals surface area contributed by atoms with Crippen LogP contribution in [0.1, 0.15) is 31.0 Å². The van der Waals surface area contributed by atoms with Crippen molar-refractivity contribution in [3.63, 3.8) is 0 Å². The van der Waals surface area contributed by atoms with Crippen LogP contribution in [-0.4, -0.2) is 37.0 Å². The maximum atomic E-state index is 11.9. The highest BCUT2D eigenvalue weighted by Crippen LogP contribution is 2.11. The maximum Gasteiger partial charge on any atom is 0.241 e. The number of benzene rings is 1. The van der Waals surface area contributed by atoms with Gasteiger partial charge < -0.3 is 16.0 Å². The van der Waals surface area contributed by atoms with Crippen molar-refractivity contribution < 1.29 is 4.79 Å². The quantitative estimate of drug-likeness (QED) is 0.838. The van der Waals surface area contributed by atoms with Crippen LogP contribution in [0.5, 0.6) is 0 Å². The Morgan fingerprint density at radius 3 is 2.24 bits per heavy atom. The molecule has 4 nitrogen and oxygen atoms in total. The van der Waals surface area contributed by atoms with E-state index in [2.05, 4.69) is 24.1 Å². The lowest BCUT2D eigenvalue weighted by atomic mass is 10.1. The van der Waals surface area contributed by atoms with Crippen molar-refractivity contribution in [2.45, 2.75) is 32.9 Å². The number of rotatable bonds is 6. The summed E-state index contributed by atoms with van der Waals surface area (Å²) in [5.74, 6) is -0.124. The van der Waals surface area contributed by atoms with Crippen LogP contribution in [0.3, 0.4) is 0 Å². The topological polar surface area (TPSA) is 58.4 Å². The van der Waals surface area contributed by atoms with E-state index in [0.717, 1.165) is 17.7 Å². The molecule has 21 heavy (non-hydrogen) atoms. The fraction of sp³-hybridized carbons (Fsp3) is 0.533. The lowest BCUT2D eigenvalue weighted by Crippen LogP contribution is -2.39. The van der Waals surface area contributed by atoms with Gasteiger partial charge in [-0.05, 0) is 33.4 Å². The predicted molar refractivity (Wildman–Crippen MR) is 93.4 cm³/mol. The van der Waals surface area contributed by atoms with E-state index < -0.39 is 6.04 Å². The Bertz CT molecular complexity index is 410. The molecular formula is C15H27Cl2N3O. The Morgan fingerprint density at radius 2 is 1.76 bits per heavy atom. The van der Waals surface area contributed by atoms with E-state index in [9.17, 15) is 4.79 Å². The number of nitrogens with two attached hydrogens (primary N) is 1. The van der Waals surface area contributed by atoms with Crippen molar-refractivity contribution in [3.8, 4) is 0 Å². The minimum atomic E-state index is -0.593. The van der Waals surface area contributed by atoms with Gasteiger partial charge in [0.25, 0.3) is 0 Å². The van der Waals surface area contributed by atoms with Crippen LogP contribution < -0.4 is 11.1 Å². The molecule has 0 radical (unpaired) electrons. The second-order valence-electron chi connectivity index (χ2n) is 5.25. The lowest BCUT2D eigenvalue weighted by molar-refractivity contribution is -0.122. The highest BCUT2D eigenvalue weighted by atomic mass is 35.5. The van der Waals surface area contributed by atoms with Crippen LogP contribution in [0.25, 0.3) is 0 Å². The summed E-state index contributed by atoms with van der Waals surface area (Å²) in [4.78, 5) is 14.1. The van der Waals surface area contributed by atoms with Crippen molar-refractivity contribution in [1.29, 1.82) is 0 Å². The molecule has 0 aliphatic heterocycles. The van der Waals surface area contributed by atoms with Gasteiger partial charge in [-0.3, -0.25) is 4.79 Å². The highest BCUT2D eigenvalue weighted by molar-refractivity contribution is 5.85. The molecule has 3 N–H and O–H groups in total. The average molecular weight is 336 g/mol. The third kappa shape index (κ3) is 7.67. The summed E-state index contributed by atoms with van der Waals surface area (Å²) >= 11 is 0. The van der Waals surface area contributed by atoms with Gasteiger partial charge in [0.2, 0.25) is 5.91 Å². The van der Waals surface area contributed by atoms with E-state index in [1.165, 1.54) is 0 Å². The monoisotopic (exact) mass is 335 g/mol. The number of hydrogen-bond donors (Lipinski definition) is 2. The van der Waals surface area contributed by atoms with Crippen LogP contribution in [0, 0.1) is 6.92 Å². The van der Waals surface area contributed by atoms with E-state index in [4.69, 9.17) is 5.73 Å². The smallest absolute Gasteiger partial charge is 0.241 e. The lowest BCUT2D eigenvalue weighted by Gasteiger charge is -2.21. The molecule has 1 unspecified atom stereocenters. The SMILES string of the molecule is Cc1ccc(C(N)C(=O)NCCN(C)C(C)C)cc1.Cl.Cl. The van der Waals surface area contributed by atoms with Gasteiger partial charge in [-0.2, -0.15) is 0 Å². The Labute approximate surface area is 140 Å². The maximum absolute atomic E-state index is 11.9. The molecule has 1 atom stereocenters. The molecule has 0 spiro atoms. The number of nitrogens with one attached hydrogen (secondary N) is 1. The van der Waals surface area contributed by atoms with Gasteiger partial charge in [0.05, 0.1) is 0 Å². The fourth-order valence-corrected chi connectivity index (χ4v) is 1.65. The zero-order valence-corrected chi connectivity index (χ0v) is 14.8. The normalized spacial score (nSPS) is 11.6. The molecule has 122 valence electrons. The molecule has 0 bridgehead atoms. The summed E-state index contributed by atoms with van der Waals surface area (Å²) in [6, 6.07) is 7.62. The molecule has 1 aromatic carbocycles. The van der Waals surface area contributed by atoms with Crippen LogP contribution in [0.4, 0.5) is 0 Å². The third-order valence-corrected chi connectivity index (χ3v) is 3.36. The minimum absolute atomic E-state index is 0. The number of likely N-dealkylation sites (N-methyl/N-ethyl adjacent to an activating group) is 1. The van der Waals surface area contributed by atoms with Crippen molar-refractivity contribution in [2.75, 3.05) is 20.1 Å². The van der Waals surface area contributed by atoms with Crippen LogP contribution in [0.15, 0.2) is 24.3 Å². The first-order chi connectivity index (χ1) is 8.91. The Kier molecular flexibility index (Phi) is 11.6. The number of carbonyl (C=O) groups excluding carboxylic acids is 1. The van der Waals surface area contributed by atoms with E-state index in [-0.39, 0.29) is 30.7 Å². The Balaban J connectivity index is 0. The average Bonchev–Trinajstić information content (AvgIpc) is 2.38. The molecule has 0 aromatic heterocycles. The summed E-state index contributed by atoms with van der Waals surface area (Å²) in [6.45, 7) is 7.70. The standard InChI is InChI=1S/C15H25N3O.2ClH/c1-11(2)18(4)10-9-17-15(19)14(16)13-7-5-12(3)6-8-13;;/h5-8,11,14H,9-10,16H2,1-4H3,(H,17,19);2*1H. The number of carbonyl (C=O) groups is 1. The first-order valence-electron chi connectivity index (χ1n) is 6.72. The van der Waals surface area contributed by atoms with E-state index >= 15 is 0 Å². The van der Waals surface area contributed by atoms with Crippen molar-refractivity contribution in [2.24, 2.45) is 5.73 Å². The molecule has 1 aromatic rings. The van der Waals surface area contributed by atoms with Gasteiger partial charge in [0, 0.05) is 19.1 Å². The van der Waals surface area contributed by atoms with E-state index in [1.54, 1.807) is 0 Å². The summed E-state index contributed by atoms with van der Waals surface area (Å²) in [7, 11) is 2.04. The van der Waals surface area contributed by atoms with Gasteiger partial charge in [0.1, 0.15) is 6.04 Å². The number of aryl methyl sites for hydroxylation is 1. The molecule has 0 aliphatic carbocycles. The summed E-state index contributed by atoms with van der Waals surface area (Å²) in [5.41, 5.74) is 7.95. The molecule has 1 rings (SSSR count). The molecular weight excluding hydrogens is 309 g/mol. The Hall–Kier alpha value is -0.810. The second kappa shape index (κ2) is 10.9. The third-order valence-electron chi connectivity index (χ3n) is 3.36. The second-order valence-corrected chi connectivity index (χ2v) is 5.25. The van der Waals surface area contributed by atoms with Crippen molar-refractivity contribution in [1.82, 2.24) is 10.2 Å². The number of amides is 1. The van der Waals surface area contributed by atoms with Crippen LogP contribution >= 0.6 is 24.8 Å². The van der Waals surface area contributed by atoms with Crippen molar-refractivity contribution >= 4 is 30.7 Å². The van der Waals surface area contributed by atoms with Crippen molar-refractivity contribution in [3.05, 3.63) is 35.4 Å². The summed E-state index contributed by atoms with van der Waals surface area (Å²) in [6.07, 6.45) is 0. The summed E-state index contributed by atoms with van der Waals surface area (Å²) < 4.78 is 0. The van der Waals surface area contributed by atoms with Gasteiger partial charge in [-0.25, -0.2) is 0 Å². The molecule has 0 aliphatic rings. The molecule has 1 amide bonds. The van der Waals surface area contributed by atoms with Crippen LogP contribution in [0.2, 0.25) is 0 Å². The van der Waals surface area contributed by atoms with E-state index in [1.807, 2.05) is 38.2 Å². The predicted octanol–water partition coefficient (Wildman–Crippen LogP) is 2.29. The number of nitrogens with zero attached hydrogens (tertiary/aromatic N) is 1.